The van der Waals surface area contributed by atoms with E-state index >= 15 is 0 Å². The van der Waals surface area contributed by atoms with Crippen molar-refractivity contribution in [2.24, 2.45) is 0 Å². The molecule has 0 aromatic carbocycles. The zero-order valence-electron chi connectivity index (χ0n) is 28.3. The molecule has 0 aliphatic rings. The van der Waals surface area contributed by atoms with E-state index in [4.69, 9.17) is 4.74 Å². The molecule has 0 fully saturated rings. The van der Waals surface area contributed by atoms with Gasteiger partial charge in [-0.1, -0.05) is 168 Å². The number of rotatable bonds is 33. The Labute approximate surface area is 257 Å². The first-order valence-corrected chi connectivity index (χ1v) is 18.5. The lowest BCUT2D eigenvalue weighted by Crippen LogP contribution is -2.27. The Hall–Kier alpha value is -1.06. The summed E-state index contributed by atoms with van der Waals surface area (Å²) in [6.45, 7) is 5.96. The van der Waals surface area contributed by atoms with E-state index < -0.39 is 0 Å². The lowest BCUT2D eigenvalue weighted by atomic mass is 10.0. The summed E-state index contributed by atoms with van der Waals surface area (Å²) < 4.78 is 5.40. The molecule has 0 aliphatic heterocycles. The second-order valence-electron chi connectivity index (χ2n) is 12.7. The number of esters is 1. The molecule has 0 atom stereocenters. The van der Waals surface area contributed by atoms with Crippen molar-refractivity contribution in [3.8, 4) is 0 Å². The number of hydrogen-bond donors (Lipinski definition) is 0. The van der Waals surface area contributed by atoms with Crippen molar-refractivity contribution in [2.75, 3.05) is 20.2 Å². The maximum atomic E-state index is 12.3. The highest BCUT2D eigenvalue weighted by molar-refractivity contribution is 5.75. The molecule has 0 unspecified atom stereocenters. The molecular formula is C37H73NO3. The van der Waals surface area contributed by atoms with Gasteiger partial charge in [0.15, 0.2) is 0 Å². The summed E-state index contributed by atoms with van der Waals surface area (Å²) >= 11 is 0. The second-order valence-corrected chi connectivity index (χ2v) is 12.7. The number of hydrogen-bond acceptors (Lipinski definition) is 3. The van der Waals surface area contributed by atoms with Crippen molar-refractivity contribution in [2.45, 2.75) is 206 Å². The van der Waals surface area contributed by atoms with Crippen LogP contribution < -0.4 is 0 Å². The summed E-state index contributed by atoms with van der Waals surface area (Å²) in [6.07, 6.45) is 37.3. The number of carbonyl (C=O) groups excluding carboxylic acids is 2. The number of amides is 1. The largest absolute Gasteiger partial charge is 0.466 e. The zero-order chi connectivity index (χ0) is 30.1. The van der Waals surface area contributed by atoms with Gasteiger partial charge in [0.05, 0.1) is 6.61 Å². The van der Waals surface area contributed by atoms with Crippen LogP contribution >= 0.6 is 0 Å². The normalized spacial score (nSPS) is 11.2. The molecule has 0 spiro atoms. The lowest BCUT2D eigenvalue weighted by Gasteiger charge is -2.17. The molecule has 4 nitrogen and oxygen atoms in total. The third-order valence-electron chi connectivity index (χ3n) is 8.56. The molecule has 0 saturated carbocycles. The van der Waals surface area contributed by atoms with Crippen LogP contribution in [0, 0.1) is 0 Å². The third-order valence-corrected chi connectivity index (χ3v) is 8.56. The number of nitrogens with zero attached hydrogens (tertiary/aromatic N) is 1. The first-order chi connectivity index (χ1) is 20.1. The highest BCUT2D eigenvalue weighted by atomic mass is 16.5. The number of carbonyl (C=O) groups is 2. The van der Waals surface area contributed by atoms with Crippen LogP contribution in [0.4, 0.5) is 0 Å². The Morgan fingerprint density at radius 3 is 1.20 bits per heavy atom. The summed E-state index contributed by atoms with van der Waals surface area (Å²) in [5.74, 6) is 0.111. The minimum atomic E-state index is -0.0999. The van der Waals surface area contributed by atoms with Gasteiger partial charge in [0.25, 0.3) is 0 Å². The van der Waals surface area contributed by atoms with Crippen molar-refractivity contribution < 1.29 is 14.3 Å². The molecular weight excluding hydrogens is 506 g/mol. The molecule has 4 heteroatoms. The van der Waals surface area contributed by atoms with Gasteiger partial charge in [-0.3, -0.25) is 9.59 Å². The number of unbranched alkanes of at least 4 members (excludes halogenated alkanes) is 25. The van der Waals surface area contributed by atoms with Gasteiger partial charge in [-0.25, -0.2) is 0 Å². The van der Waals surface area contributed by atoms with Crippen molar-refractivity contribution in [3.63, 3.8) is 0 Å². The maximum Gasteiger partial charge on any atom is 0.305 e. The first kappa shape index (κ1) is 39.9. The Balaban J connectivity index is 3.36. The molecule has 0 aromatic rings. The summed E-state index contributed by atoms with van der Waals surface area (Å²) in [5.41, 5.74) is 0. The van der Waals surface area contributed by atoms with Gasteiger partial charge in [0.1, 0.15) is 0 Å². The van der Waals surface area contributed by atoms with E-state index in [0.717, 1.165) is 38.6 Å². The molecule has 0 bridgehead atoms. The molecule has 244 valence electrons. The Kier molecular flexibility index (Phi) is 32.6. The van der Waals surface area contributed by atoms with Gasteiger partial charge < -0.3 is 9.64 Å². The highest BCUT2D eigenvalue weighted by Crippen LogP contribution is 2.14. The van der Waals surface area contributed by atoms with E-state index in [9.17, 15) is 9.59 Å². The lowest BCUT2D eigenvalue weighted by molar-refractivity contribution is -0.144. The standard InChI is InChI=1S/C37H73NO3/c1-4-6-8-10-12-14-16-17-18-19-20-21-23-25-27-31-35-41-37(40)33-29-28-32-36(39)38(3)34-30-26-24-22-15-13-11-9-7-5-2/h4-35H2,1-3H3. The first-order valence-electron chi connectivity index (χ1n) is 18.5. The van der Waals surface area contributed by atoms with Gasteiger partial charge in [0.2, 0.25) is 5.91 Å². The molecule has 0 aromatic heterocycles. The van der Waals surface area contributed by atoms with Crippen LogP contribution in [0.1, 0.15) is 206 Å². The van der Waals surface area contributed by atoms with Gasteiger partial charge in [0, 0.05) is 26.4 Å². The molecule has 0 N–H and O–H groups in total. The zero-order valence-corrected chi connectivity index (χ0v) is 28.3. The van der Waals surface area contributed by atoms with Crippen LogP contribution in [-0.4, -0.2) is 37.0 Å². The Morgan fingerprint density at radius 1 is 0.439 bits per heavy atom. The van der Waals surface area contributed by atoms with Crippen LogP contribution in [-0.2, 0) is 14.3 Å². The molecule has 0 saturated heterocycles. The van der Waals surface area contributed by atoms with Crippen molar-refractivity contribution in [1.82, 2.24) is 4.90 Å². The molecule has 41 heavy (non-hydrogen) atoms. The predicted molar refractivity (Wildman–Crippen MR) is 178 cm³/mol. The SMILES string of the molecule is CCCCCCCCCCCCCCCCCCOC(=O)CCCCC(=O)N(C)CCCCCCCCCCCC. The fraction of sp³-hybridized carbons (Fsp3) is 0.946. The van der Waals surface area contributed by atoms with Crippen LogP contribution in [0.5, 0.6) is 0 Å². The maximum absolute atomic E-state index is 12.3. The topological polar surface area (TPSA) is 46.6 Å². The van der Waals surface area contributed by atoms with Crippen molar-refractivity contribution in [1.29, 1.82) is 0 Å². The van der Waals surface area contributed by atoms with Crippen LogP contribution in [0.15, 0.2) is 0 Å². The smallest absolute Gasteiger partial charge is 0.305 e. The average molecular weight is 580 g/mol. The Morgan fingerprint density at radius 2 is 0.780 bits per heavy atom. The monoisotopic (exact) mass is 580 g/mol. The molecule has 0 heterocycles. The van der Waals surface area contributed by atoms with Crippen LogP contribution in [0.25, 0.3) is 0 Å². The molecule has 0 rings (SSSR count). The van der Waals surface area contributed by atoms with Crippen LogP contribution in [0.2, 0.25) is 0 Å². The van der Waals surface area contributed by atoms with E-state index in [2.05, 4.69) is 13.8 Å². The quantitative estimate of drug-likeness (QED) is 0.0574. The van der Waals surface area contributed by atoms with Crippen LogP contribution in [0.3, 0.4) is 0 Å². The van der Waals surface area contributed by atoms with E-state index in [0.29, 0.717) is 19.4 Å². The fourth-order valence-corrected chi connectivity index (χ4v) is 5.61. The third kappa shape index (κ3) is 31.7. The van der Waals surface area contributed by atoms with Gasteiger partial charge in [-0.2, -0.15) is 0 Å². The second kappa shape index (κ2) is 33.4. The van der Waals surface area contributed by atoms with Gasteiger partial charge >= 0.3 is 5.97 Å². The minimum Gasteiger partial charge on any atom is -0.466 e. The summed E-state index contributed by atoms with van der Waals surface area (Å²) in [5, 5.41) is 0. The van der Waals surface area contributed by atoms with Crippen molar-refractivity contribution in [3.05, 3.63) is 0 Å². The molecule has 0 aliphatic carbocycles. The minimum absolute atomic E-state index is 0.0999. The Bertz CT molecular complexity index is 550. The van der Waals surface area contributed by atoms with Crippen molar-refractivity contribution >= 4 is 11.9 Å². The highest BCUT2D eigenvalue weighted by Gasteiger charge is 2.09. The average Bonchev–Trinajstić information content (AvgIpc) is 2.97. The van der Waals surface area contributed by atoms with Gasteiger partial charge in [-0.05, 0) is 25.7 Å². The van der Waals surface area contributed by atoms with E-state index in [1.165, 1.54) is 148 Å². The molecule has 1 amide bonds. The summed E-state index contributed by atoms with van der Waals surface area (Å²) in [7, 11) is 1.92. The fourth-order valence-electron chi connectivity index (χ4n) is 5.61. The molecule has 0 radical (unpaired) electrons. The van der Waals surface area contributed by atoms with Gasteiger partial charge in [-0.15, -0.1) is 0 Å². The summed E-state index contributed by atoms with van der Waals surface area (Å²) in [4.78, 5) is 26.2. The summed E-state index contributed by atoms with van der Waals surface area (Å²) in [6, 6.07) is 0. The predicted octanol–water partition coefficient (Wildman–Crippen LogP) is 11.7. The van der Waals surface area contributed by atoms with E-state index in [1.54, 1.807) is 0 Å². The number of ether oxygens (including phenoxy) is 1. The van der Waals surface area contributed by atoms with E-state index in [1.807, 2.05) is 11.9 Å². The van der Waals surface area contributed by atoms with E-state index in [-0.39, 0.29) is 11.9 Å².